The first-order chi connectivity index (χ1) is 11.7. The monoisotopic (exact) mass is 321 g/mol. The summed E-state index contributed by atoms with van der Waals surface area (Å²) in [6.07, 6.45) is 3.53. The Morgan fingerprint density at radius 1 is 1.12 bits per heavy atom. The minimum absolute atomic E-state index is 0.142. The van der Waals surface area contributed by atoms with Crippen LogP contribution in [-0.4, -0.2) is 39.3 Å². The Labute approximate surface area is 143 Å². The van der Waals surface area contributed by atoms with Gasteiger partial charge >= 0.3 is 0 Å². The van der Waals surface area contributed by atoms with Gasteiger partial charge in [-0.3, -0.25) is 14.7 Å². The first-order valence-corrected chi connectivity index (χ1v) is 8.74. The minimum Gasteiger partial charge on any atom is -0.331 e. The zero-order chi connectivity index (χ0) is 16.5. The number of fused-ring (bicyclic) bond motifs is 1. The average molecular weight is 321 g/mol. The van der Waals surface area contributed by atoms with Gasteiger partial charge in [0.15, 0.2) is 0 Å². The van der Waals surface area contributed by atoms with E-state index in [2.05, 4.69) is 39.9 Å². The van der Waals surface area contributed by atoms with Gasteiger partial charge < -0.3 is 4.90 Å². The van der Waals surface area contributed by atoms with Crippen molar-refractivity contribution in [2.75, 3.05) is 6.54 Å². The molecule has 2 saturated heterocycles. The molecule has 2 aliphatic rings. The molecule has 0 saturated carbocycles. The van der Waals surface area contributed by atoms with E-state index < -0.39 is 0 Å². The highest BCUT2D eigenvalue weighted by molar-refractivity contribution is 5.80. The van der Waals surface area contributed by atoms with E-state index in [0.717, 1.165) is 25.2 Å². The van der Waals surface area contributed by atoms with Crippen LogP contribution < -0.4 is 0 Å². The molecule has 3 atom stereocenters. The highest BCUT2D eigenvalue weighted by Crippen LogP contribution is 2.38. The first-order valence-electron chi connectivity index (χ1n) is 8.74. The second-order valence-electron chi connectivity index (χ2n) is 6.81. The number of hydrogen-bond donors (Lipinski definition) is 0. The molecule has 0 bridgehead atoms. The van der Waals surface area contributed by atoms with E-state index >= 15 is 0 Å². The Morgan fingerprint density at radius 2 is 1.92 bits per heavy atom. The van der Waals surface area contributed by atoms with E-state index in [1.165, 1.54) is 5.56 Å². The van der Waals surface area contributed by atoms with Crippen molar-refractivity contribution in [3.63, 3.8) is 0 Å². The van der Waals surface area contributed by atoms with Crippen LogP contribution in [-0.2, 0) is 11.3 Å². The highest BCUT2D eigenvalue weighted by atomic mass is 16.2. The van der Waals surface area contributed by atoms with E-state index in [1.54, 1.807) is 0 Å². The average Bonchev–Trinajstić information content (AvgIpc) is 3.14. The van der Waals surface area contributed by atoms with Gasteiger partial charge in [-0.25, -0.2) is 0 Å². The summed E-state index contributed by atoms with van der Waals surface area (Å²) in [4.78, 5) is 21.7. The van der Waals surface area contributed by atoms with Gasteiger partial charge in [-0.1, -0.05) is 36.4 Å². The topological polar surface area (TPSA) is 36.4 Å². The fraction of sp³-hybridized carbons (Fsp3) is 0.400. The Hall–Kier alpha value is -2.20. The fourth-order valence-electron chi connectivity index (χ4n) is 4.25. The lowest BCUT2D eigenvalue weighted by Gasteiger charge is -2.31. The number of rotatable bonds is 4. The van der Waals surface area contributed by atoms with Gasteiger partial charge in [0.2, 0.25) is 5.91 Å². The van der Waals surface area contributed by atoms with Crippen LogP contribution >= 0.6 is 0 Å². The van der Waals surface area contributed by atoms with E-state index in [9.17, 15) is 4.79 Å². The molecule has 2 fully saturated rings. The summed E-state index contributed by atoms with van der Waals surface area (Å²) in [5.74, 6) is 0.284. The lowest BCUT2D eigenvalue weighted by atomic mass is 10.0. The molecule has 1 amide bonds. The maximum absolute atomic E-state index is 12.7. The largest absolute Gasteiger partial charge is 0.331 e. The third-order valence-corrected chi connectivity index (χ3v) is 5.44. The van der Waals surface area contributed by atoms with Gasteiger partial charge in [0.05, 0.1) is 11.7 Å². The van der Waals surface area contributed by atoms with Gasteiger partial charge in [0.25, 0.3) is 0 Å². The highest BCUT2D eigenvalue weighted by Gasteiger charge is 2.48. The second kappa shape index (κ2) is 6.36. The fourth-order valence-corrected chi connectivity index (χ4v) is 4.25. The SMILES string of the molecule is CC(c1ccccc1)N1C(=O)C[C@H]2[C@@H]1CCN2Cc1ccccn1. The van der Waals surface area contributed by atoms with Gasteiger partial charge in [-0.05, 0) is 31.0 Å². The summed E-state index contributed by atoms with van der Waals surface area (Å²) in [5.41, 5.74) is 2.30. The van der Waals surface area contributed by atoms with E-state index in [1.807, 2.05) is 36.5 Å². The van der Waals surface area contributed by atoms with Crippen LogP contribution in [0.2, 0.25) is 0 Å². The Kier molecular flexibility index (Phi) is 4.07. The molecule has 2 aromatic rings. The Balaban J connectivity index is 1.51. The van der Waals surface area contributed by atoms with E-state index in [4.69, 9.17) is 0 Å². The number of hydrogen-bond acceptors (Lipinski definition) is 3. The number of amides is 1. The van der Waals surface area contributed by atoms with Crippen LogP contribution in [0.15, 0.2) is 54.7 Å². The number of nitrogens with zero attached hydrogens (tertiary/aromatic N) is 3. The van der Waals surface area contributed by atoms with Crippen molar-refractivity contribution in [1.82, 2.24) is 14.8 Å². The van der Waals surface area contributed by atoms with Crippen LogP contribution in [0.4, 0.5) is 0 Å². The molecule has 124 valence electrons. The molecule has 24 heavy (non-hydrogen) atoms. The van der Waals surface area contributed by atoms with E-state index in [-0.39, 0.29) is 11.9 Å². The number of carbonyl (C=O) groups is 1. The molecule has 4 heteroatoms. The van der Waals surface area contributed by atoms with Crippen molar-refractivity contribution in [1.29, 1.82) is 0 Å². The Bertz CT molecular complexity index is 703. The molecule has 3 heterocycles. The smallest absolute Gasteiger partial charge is 0.225 e. The molecular weight excluding hydrogens is 298 g/mol. The van der Waals surface area contributed by atoms with Crippen LogP contribution in [0.5, 0.6) is 0 Å². The zero-order valence-electron chi connectivity index (χ0n) is 14.0. The zero-order valence-corrected chi connectivity index (χ0v) is 14.0. The molecule has 0 spiro atoms. The van der Waals surface area contributed by atoms with Crippen molar-refractivity contribution < 1.29 is 4.79 Å². The van der Waals surface area contributed by atoms with Crippen molar-refractivity contribution in [2.24, 2.45) is 0 Å². The number of benzene rings is 1. The molecule has 0 N–H and O–H groups in total. The number of pyridine rings is 1. The van der Waals surface area contributed by atoms with Gasteiger partial charge in [-0.2, -0.15) is 0 Å². The molecule has 1 aromatic heterocycles. The first kappa shape index (κ1) is 15.3. The minimum atomic E-state index is 0.142. The van der Waals surface area contributed by atoms with Crippen LogP contribution in [0.25, 0.3) is 0 Å². The summed E-state index contributed by atoms with van der Waals surface area (Å²) < 4.78 is 0. The molecule has 1 unspecified atom stereocenters. The number of likely N-dealkylation sites (tertiary alicyclic amines) is 2. The number of aromatic nitrogens is 1. The lowest BCUT2D eigenvalue weighted by Crippen LogP contribution is -2.38. The molecule has 4 rings (SSSR count). The molecular formula is C20H23N3O. The quantitative estimate of drug-likeness (QED) is 0.868. The lowest BCUT2D eigenvalue weighted by molar-refractivity contribution is -0.131. The Morgan fingerprint density at radius 3 is 2.67 bits per heavy atom. The standard InChI is InChI=1S/C20H23N3O/c1-15(16-7-3-2-4-8-16)23-18-10-12-22(19(18)13-20(23)24)14-17-9-5-6-11-21-17/h2-9,11,15,18-19H,10,12-14H2,1H3/t15?,18-,19-/m0/s1. The normalized spacial score (nSPS) is 25.0. The summed E-state index contributed by atoms with van der Waals surface area (Å²) in [6, 6.07) is 17.2. The predicted octanol–water partition coefficient (Wildman–Crippen LogP) is 3.02. The van der Waals surface area contributed by atoms with Crippen molar-refractivity contribution >= 4 is 5.91 Å². The summed E-state index contributed by atoms with van der Waals surface area (Å²) in [7, 11) is 0. The van der Waals surface area contributed by atoms with Crippen molar-refractivity contribution in [3.8, 4) is 0 Å². The van der Waals surface area contributed by atoms with E-state index in [0.29, 0.717) is 18.5 Å². The van der Waals surface area contributed by atoms with Gasteiger partial charge in [-0.15, -0.1) is 0 Å². The summed E-state index contributed by atoms with van der Waals surface area (Å²) in [6.45, 7) is 4.02. The summed E-state index contributed by atoms with van der Waals surface area (Å²) >= 11 is 0. The molecule has 1 aromatic carbocycles. The van der Waals surface area contributed by atoms with Crippen LogP contribution in [0.3, 0.4) is 0 Å². The molecule has 0 radical (unpaired) electrons. The van der Waals surface area contributed by atoms with Crippen LogP contribution in [0, 0.1) is 0 Å². The van der Waals surface area contributed by atoms with Crippen molar-refractivity contribution in [3.05, 3.63) is 66.0 Å². The third kappa shape index (κ3) is 2.71. The maximum Gasteiger partial charge on any atom is 0.225 e. The molecule has 0 aliphatic carbocycles. The van der Waals surface area contributed by atoms with Crippen LogP contribution in [0.1, 0.15) is 37.1 Å². The number of carbonyl (C=O) groups excluding carboxylic acids is 1. The summed E-state index contributed by atoms with van der Waals surface area (Å²) in [5, 5.41) is 0. The van der Waals surface area contributed by atoms with Gasteiger partial charge in [0, 0.05) is 37.8 Å². The molecule has 2 aliphatic heterocycles. The third-order valence-electron chi connectivity index (χ3n) is 5.44. The maximum atomic E-state index is 12.7. The second-order valence-corrected chi connectivity index (χ2v) is 6.81. The molecule has 4 nitrogen and oxygen atoms in total. The predicted molar refractivity (Wildman–Crippen MR) is 93.2 cm³/mol. The van der Waals surface area contributed by atoms with Crippen molar-refractivity contribution in [2.45, 2.75) is 44.4 Å². The van der Waals surface area contributed by atoms with Gasteiger partial charge in [0.1, 0.15) is 0 Å².